The van der Waals surface area contributed by atoms with Crippen LogP contribution in [-0.2, 0) is 6.54 Å². The summed E-state index contributed by atoms with van der Waals surface area (Å²) in [6, 6.07) is 0.753. The highest BCUT2D eigenvalue weighted by Gasteiger charge is 2.20. The van der Waals surface area contributed by atoms with Gasteiger partial charge in [-0.25, -0.2) is 4.98 Å². The van der Waals surface area contributed by atoms with Crippen LogP contribution in [0.5, 0.6) is 0 Å². The van der Waals surface area contributed by atoms with Gasteiger partial charge in [-0.15, -0.1) is 23.7 Å². The summed E-state index contributed by atoms with van der Waals surface area (Å²) < 4.78 is 0. The molecule has 6 heteroatoms. The molecule has 17 heavy (non-hydrogen) atoms. The average Bonchev–Trinajstić information content (AvgIpc) is 2.65. The molecule has 1 aromatic heterocycles. The van der Waals surface area contributed by atoms with Gasteiger partial charge in [0.1, 0.15) is 0 Å². The minimum Gasteiger partial charge on any atom is -0.375 e. The van der Waals surface area contributed by atoms with Gasteiger partial charge in [0.05, 0.1) is 0 Å². The van der Waals surface area contributed by atoms with E-state index in [0.29, 0.717) is 5.13 Å². The highest BCUT2D eigenvalue weighted by atomic mass is 35.5. The van der Waals surface area contributed by atoms with Gasteiger partial charge in [-0.2, -0.15) is 0 Å². The SMILES string of the molecule is CN(C)C1CCN(Cc2cnc(N)s2)CC1.Cl. The first-order valence-electron chi connectivity index (χ1n) is 5.74. The second kappa shape index (κ2) is 6.54. The molecule has 0 atom stereocenters. The topological polar surface area (TPSA) is 45.4 Å². The maximum atomic E-state index is 5.63. The van der Waals surface area contributed by atoms with E-state index >= 15 is 0 Å². The van der Waals surface area contributed by atoms with E-state index in [2.05, 4.69) is 28.9 Å². The summed E-state index contributed by atoms with van der Waals surface area (Å²) in [6.45, 7) is 3.37. The van der Waals surface area contributed by atoms with Crippen molar-refractivity contribution in [1.82, 2.24) is 14.8 Å². The standard InChI is InChI=1S/C11H20N4S.ClH/c1-14(2)9-3-5-15(6-4-9)8-10-7-13-11(12)16-10;/h7,9H,3-6,8H2,1-2H3,(H2,12,13);1H. The summed E-state index contributed by atoms with van der Waals surface area (Å²) in [5.41, 5.74) is 5.63. The zero-order valence-corrected chi connectivity index (χ0v) is 12.1. The average molecular weight is 277 g/mol. The van der Waals surface area contributed by atoms with E-state index in [9.17, 15) is 0 Å². The lowest BCUT2D eigenvalue weighted by atomic mass is 10.0. The Hall–Kier alpha value is -0.360. The van der Waals surface area contributed by atoms with E-state index in [1.807, 2.05) is 6.20 Å². The van der Waals surface area contributed by atoms with Gasteiger partial charge in [0.15, 0.2) is 5.13 Å². The highest BCUT2D eigenvalue weighted by molar-refractivity contribution is 7.15. The van der Waals surface area contributed by atoms with E-state index in [1.54, 1.807) is 11.3 Å². The number of rotatable bonds is 3. The van der Waals surface area contributed by atoms with Gasteiger partial charge >= 0.3 is 0 Å². The summed E-state index contributed by atoms with van der Waals surface area (Å²) in [7, 11) is 4.34. The zero-order valence-electron chi connectivity index (χ0n) is 10.4. The number of hydrogen-bond acceptors (Lipinski definition) is 5. The van der Waals surface area contributed by atoms with Crippen LogP contribution in [-0.4, -0.2) is 48.0 Å². The van der Waals surface area contributed by atoms with Crippen LogP contribution in [0.25, 0.3) is 0 Å². The molecule has 0 radical (unpaired) electrons. The fourth-order valence-electron chi connectivity index (χ4n) is 2.21. The van der Waals surface area contributed by atoms with Crippen LogP contribution in [0.2, 0.25) is 0 Å². The number of halogens is 1. The Kier molecular flexibility index (Phi) is 5.66. The number of thiazole rings is 1. The Bertz CT molecular complexity index is 334. The Morgan fingerprint density at radius 3 is 2.59 bits per heavy atom. The normalized spacial score (nSPS) is 18.3. The van der Waals surface area contributed by atoms with Gasteiger partial charge in [0.25, 0.3) is 0 Å². The third-order valence-electron chi connectivity index (χ3n) is 3.24. The van der Waals surface area contributed by atoms with E-state index in [1.165, 1.54) is 30.8 Å². The van der Waals surface area contributed by atoms with Crippen LogP contribution >= 0.6 is 23.7 Å². The molecule has 1 fully saturated rings. The molecule has 0 unspecified atom stereocenters. The maximum Gasteiger partial charge on any atom is 0.180 e. The molecule has 0 spiro atoms. The molecule has 1 aliphatic heterocycles. The Labute approximate surface area is 113 Å². The fraction of sp³-hybridized carbons (Fsp3) is 0.727. The Balaban J connectivity index is 0.00000144. The minimum absolute atomic E-state index is 0. The lowest BCUT2D eigenvalue weighted by Gasteiger charge is -2.34. The molecule has 4 nitrogen and oxygen atoms in total. The maximum absolute atomic E-state index is 5.63. The quantitative estimate of drug-likeness (QED) is 0.912. The summed E-state index contributed by atoms with van der Waals surface area (Å²) in [5, 5.41) is 0.679. The molecule has 0 saturated carbocycles. The molecular formula is C11H21ClN4S. The summed E-state index contributed by atoms with van der Waals surface area (Å²) >= 11 is 1.60. The molecule has 2 heterocycles. The van der Waals surface area contributed by atoms with Gasteiger partial charge < -0.3 is 10.6 Å². The predicted octanol–water partition coefficient (Wildman–Crippen LogP) is 1.67. The van der Waals surface area contributed by atoms with Crippen molar-refractivity contribution in [3.63, 3.8) is 0 Å². The van der Waals surface area contributed by atoms with Gasteiger partial charge in [-0.3, -0.25) is 4.90 Å². The zero-order chi connectivity index (χ0) is 11.5. The first-order valence-corrected chi connectivity index (χ1v) is 6.56. The van der Waals surface area contributed by atoms with Crippen LogP contribution in [0.15, 0.2) is 6.20 Å². The van der Waals surface area contributed by atoms with Crippen molar-refractivity contribution in [2.75, 3.05) is 32.9 Å². The molecular weight excluding hydrogens is 256 g/mol. The molecule has 98 valence electrons. The van der Waals surface area contributed by atoms with Crippen molar-refractivity contribution in [3.05, 3.63) is 11.1 Å². The molecule has 1 saturated heterocycles. The number of piperidine rings is 1. The van der Waals surface area contributed by atoms with Crippen molar-refractivity contribution in [2.24, 2.45) is 0 Å². The fourth-order valence-corrected chi connectivity index (χ4v) is 2.94. The second-order valence-corrected chi connectivity index (χ2v) is 5.78. The first kappa shape index (κ1) is 14.7. The molecule has 2 N–H and O–H groups in total. The summed E-state index contributed by atoms with van der Waals surface area (Å²) in [4.78, 5) is 10.2. The number of aromatic nitrogens is 1. The van der Waals surface area contributed by atoms with Crippen molar-refractivity contribution >= 4 is 28.9 Å². The van der Waals surface area contributed by atoms with Crippen molar-refractivity contribution in [1.29, 1.82) is 0 Å². The van der Waals surface area contributed by atoms with Crippen LogP contribution in [0, 0.1) is 0 Å². The summed E-state index contributed by atoms with van der Waals surface area (Å²) in [6.07, 6.45) is 4.43. The second-order valence-electron chi connectivity index (χ2n) is 4.64. The predicted molar refractivity (Wildman–Crippen MR) is 75.8 cm³/mol. The Morgan fingerprint density at radius 1 is 1.47 bits per heavy atom. The van der Waals surface area contributed by atoms with E-state index < -0.39 is 0 Å². The highest BCUT2D eigenvalue weighted by Crippen LogP contribution is 2.20. The summed E-state index contributed by atoms with van der Waals surface area (Å²) in [5.74, 6) is 0. The number of anilines is 1. The number of nitrogen functional groups attached to an aromatic ring is 1. The Morgan fingerprint density at radius 2 is 2.12 bits per heavy atom. The first-order chi connectivity index (χ1) is 7.65. The monoisotopic (exact) mass is 276 g/mol. The van der Waals surface area contributed by atoms with Gasteiger partial charge in [0, 0.05) is 36.8 Å². The minimum atomic E-state index is 0. The lowest BCUT2D eigenvalue weighted by Crippen LogP contribution is -2.41. The molecule has 1 aliphatic rings. The third kappa shape index (κ3) is 4.10. The van der Waals surface area contributed by atoms with Crippen LogP contribution in [0.4, 0.5) is 5.13 Å². The van der Waals surface area contributed by atoms with Crippen molar-refractivity contribution in [2.45, 2.75) is 25.4 Å². The molecule has 2 rings (SSSR count). The number of nitrogens with zero attached hydrogens (tertiary/aromatic N) is 3. The molecule has 1 aromatic rings. The van der Waals surface area contributed by atoms with Gasteiger partial charge in [-0.05, 0) is 26.9 Å². The van der Waals surface area contributed by atoms with Gasteiger partial charge in [0.2, 0.25) is 0 Å². The van der Waals surface area contributed by atoms with Gasteiger partial charge in [-0.1, -0.05) is 0 Å². The molecule has 0 bridgehead atoms. The number of nitrogens with two attached hydrogens (primary N) is 1. The molecule has 0 aliphatic carbocycles. The van der Waals surface area contributed by atoms with Crippen molar-refractivity contribution < 1.29 is 0 Å². The van der Waals surface area contributed by atoms with E-state index in [0.717, 1.165) is 12.6 Å². The van der Waals surface area contributed by atoms with Crippen molar-refractivity contribution in [3.8, 4) is 0 Å². The molecule has 0 amide bonds. The van der Waals surface area contributed by atoms with Crippen LogP contribution in [0.1, 0.15) is 17.7 Å². The van der Waals surface area contributed by atoms with E-state index in [-0.39, 0.29) is 12.4 Å². The smallest absolute Gasteiger partial charge is 0.180 e. The largest absolute Gasteiger partial charge is 0.375 e. The lowest BCUT2D eigenvalue weighted by molar-refractivity contribution is 0.141. The number of hydrogen-bond donors (Lipinski definition) is 1. The number of likely N-dealkylation sites (tertiary alicyclic amines) is 1. The van der Waals surface area contributed by atoms with E-state index in [4.69, 9.17) is 5.73 Å². The van der Waals surface area contributed by atoms with Crippen LogP contribution in [0.3, 0.4) is 0 Å². The van der Waals surface area contributed by atoms with Crippen LogP contribution < -0.4 is 5.73 Å². The third-order valence-corrected chi connectivity index (χ3v) is 4.05. The molecule has 0 aromatic carbocycles.